The average molecular weight is 814 g/mol. The average Bonchev–Trinajstić information content (AvgIpc) is 3.42. The summed E-state index contributed by atoms with van der Waals surface area (Å²) in [5.74, 6) is 11.1. The molecule has 0 bridgehead atoms. The van der Waals surface area contributed by atoms with Gasteiger partial charge in [0.25, 0.3) is 0 Å². The van der Waals surface area contributed by atoms with E-state index in [1.165, 1.54) is 9.13 Å². The summed E-state index contributed by atoms with van der Waals surface area (Å²) in [6.07, 6.45) is 6.39. The van der Waals surface area contributed by atoms with Crippen LogP contribution in [0.25, 0.3) is 11.0 Å². The molecule has 1 aromatic heterocycles. The Balaban J connectivity index is 1.03. The van der Waals surface area contributed by atoms with Crippen molar-refractivity contribution < 1.29 is 38.1 Å². The molecule has 0 aliphatic carbocycles. The number of nitrogens with two attached hydrogens (primary N) is 1. The van der Waals surface area contributed by atoms with Crippen molar-refractivity contribution in [3.8, 4) is 23.7 Å². The number of rotatable bonds is 20. The largest absolute Gasteiger partial charge is 0.444 e. The van der Waals surface area contributed by atoms with E-state index in [0.717, 1.165) is 55.2 Å². The fourth-order valence-electron chi connectivity index (χ4n) is 6.52. The Morgan fingerprint density at radius 1 is 0.898 bits per heavy atom. The molecular formula is C45H59N5O9. The van der Waals surface area contributed by atoms with Gasteiger partial charge in [-0.25, -0.2) is 9.59 Å². The number of aryl methyl sites for hydroxylation is 1. The van der Waals surface area contributed by atoms with Crippen LogP contribution in [0, 0.1) is 23.7 Å². The number of amides is 4. The summed E-state index contributed by atoms with van der Waals surface area (Å²) < 4.78 is 25.7. The first kappa shape index (κ1) is 46.3. The van der Waals surface area contributed by atoms with Crippen LogP contribution >= 0.6 is 0 Å². The molecule has 3 aromatic rings. The number of hydrogen-bond acceptors (Lipinski definition) is 9. The second kappa shape index (κ2) is 23.2. The normalized spacial score (nSPS) is 15.0. The van der Waals surface area contributed by atoms with Crippen LogP contribution < -0.4 is 22.1 Å². The van der Waals surface area contributed by atoms with Gasteiger partial charge in [-0.15, -0.1) is 0 Å². The number of alkyl carbamates (subject to hydrolysis) is 1. The smallest absolute Gasteiger partial charge is 0.407 e. The van der Waals surface area contributed by atoms with E-state index in [0.29, 0.717) is 56.9 Å². The van der Waals surface area contributed by atoms with Gasteiger partial charge < -0.3 is 30.0 Å². The number of benzene rings is 2. The highest BCUT2D eigenvalue weighted by Crippen LogP contribution is 2.23. The molecule has 4 N–H and O–H groups in total. The molecule has 2 heterocycles. The number of piperidine rings is 1. The highest BCUT2D eigenvalue weighted by Gasteiger charge is 2.31. The van der Waals surface area contributed by atoms with E-state index in [4.69, 9.17) is 24.7 Å². The lowest BCUT2D eigenvalue weighted by molar-refractivity contribution is -0.135. The quantitative estimate of drug-likeness (QED) is 0.0789. The van der Waals surface area contributed by atoms with E-state index in [2.05, 4.69) is 34.3 Å². The van der Waals surface area contributed by atoms with Crippen molar-refractivity contribution in [2.24, 2.45) is 12.8 Å². The third-order valence-electron chi connectivity index (χ3n) is 9.69. The second-order valence-corrected chi connectivity index (χ2v) is 15.7. The molecule has 0 radical (unpaired) electrons. The fraction of sp³-hybridized carbons (Fsp3) is 0.533. The number of carbonyl (C=O) groups is 4. The van der Waals surface area contributed by atoms with Crippen LogP contribution in [0.1, 0.15) is 115 Å². The number of primary amides is 1. The van der Waals surface area contributed by atoms with Crippen LogP contribution in [-0.2, 0) is 47.0 Å². The van der Waals surface area contributed by atoms with Gasteiger partial charge in [-0.1, -0.05) is 61.5 Å². The van der Waals surface area contributed by atoms with Crippen molar-refractivity contribution in [2.75, 3.05) is 26.4 Å². The zero-order chi connectivity index (χ0) is 42.8. The molecule has 0 spiro atoms. The SMILES string of the molecule is C[C@@H](OCc1ccc(C#CCOCCCCCCCCOCC#Cc2ccc3c(c2)n(C)c(=O)n3C2CCC(=O)NC2=O)cc1)[C@H](CCC(N)=O)NC(=O)OC(C)(C)C. The molecule has 318 valence electrons. The van der Waals surface area contributed by atoms with Crippen LogP contribution in [0.5, 0.6) is 0 Å². The van der Waals surface area contributed by atoms with Crippen molar-refractivity contribution in [1.29, 1.82) is 0 Å². The minimum atomic E-state index is -0.717. The van der Waals surface area contributed by atoms with Gasteiger partial charge in [0.2, 0.25) is 17.7 Å². The zero-order valence-electron chi connectivity index (χ0n) is 35.0. The molecule has 3 atom stereocenters. The van der Waals surface area contributed by atoms with Crippen molar-refractivity contribution in [3.05, 3.63) is 69.6 Å². The van der Waals surface area contributed by atoms with Gasteiger partial charge in [0.1, 0.15) is 24.9 Å². The Morgan fingerprint density at radius 3 is 2.12 bits per heavy atom. The molecule has 1 aliphatic rings. The number of imidazole rings is 1. The first-order valence-electron chi connectivity index (χ1n) is 20.4. The summed E-state index contributed by atoms with van der Waals surface area (Å²) >= 11 is 0. The third kappa shape index (κ3) is 15.7. The first-order valence-corrected chi connectivity index (χ1v) is 20.4. The molecule has 1 saturated heterocycles. The number of hydrogen-bond donors (Lipinski definition) is 3. The fourth-order valence-corrected chi connectivity index (χ4v) is 6.52. The highest BCUT2D eigenvalue weighted by molar-refractivity contribution is 6.00. The molecule has 4 rings (SSSR count). The summed E-state index contributed by atoms with van der Waals surface area (Å²) in [4.78, 5) is 60.6. The number of ether oxygens (including phenoxy) is 4. The lowest BCUT2D eigenvalue weighted by atomic mass is 10.1. The summed E-state index contributed by atoms with van der Waals surface area (Å²) in [6.45, 7) is 9.51. The van der Waals surface area contributed by atoms with Gasteiger partial charge in [0.05, 0.1) is 29.8 Å². The number of fused-ring (bicyclic) bond motifs is 1. The maximum Gasteiger partial charge on any atom is 0.407 e. The molecule has 4 amide bonds. The summed E-state index contributed by atoms with van der Waals surface area (Å²) in [5, 5.41) is 5.13. The van der Waals surface area contributed by atoms with Gasteiger partial charge in [-0.3, -0.25) is 28.8 Å². The summed E-state index contributed by atoms with van der Waals surface area (Å²) in [5.41, 5.74) is 8.25. The van der Waals surface area contributed by atoms with Crippen molar-refractivity contribution >= 4 is 34.8 Å². The Bertz CT molecular complexity index is 2080. The summed E-state index contributed by atoms with van der Waals surface area (Å²) in [7, 11) is 1.66. The monoisotopic (exact) mass is 813 g/mol. The maximum absolute atomic E-state index is 12.9. The molecule has 1 unspecified atom stereocenters. The molecule has 14 nitrogen and oxygen atoms in total. The number of carbonyl (C=O) groups excluding carboxylic acids is 4. The van der Waals surface area contributed by atoms with Crippen LogP contribution in [0.3, 0.4) is 0 Å². The molecule has 2 aromatic carbocycles. The highest BCUT2D eigenvalue weighted by atomic mass is 16.6. The van der Waals surface area contributed by atoms with Crippen molar-refractivity contribution in [3.63, 3.8) is 0 Å². The number of nitrogens with one attached hydrogen (secondary N) is 2. The molecular weight excluding hydrogens is 755 g/mol. The van der Waals surface area contributed by atoms with Crippen LogP contribution in [0.2, 0.25) is 0 Å². The van der Waals surface area contributed by atoms with E-state index >= 15 is 0 Å². The van der Waals surface area contributed by atoms with Crippen molar-refractivity contribution in [2.45, 2.75) is 122 Å². The first-order chi connectivity index (χ1) is 28.2. The maximum atomic E-state index is 12.9. The van der Waals surface area contributed by atoms with Crippen LogP contribution in [0.15, 0.2) is 47.3 Å². The Kier molecular flexibility index (Phi) is 18.2. The van der Waals surface area contributed by atoms with E-state index in [9.17, 15) is 24.0 Å². The molecule has 14 heteroatoms. The molecule has 1 aliphatic heterocycles. The molecule has 0 saturated carbocycles. The number of unbranched alkanes of at least 4 members (excludes halogenated alkanes) is 5. The predicted molar refractivity (Wildman–Crippen MR) is 224 cm³/mol. The van der Waals surface area contributed by atoms with Gasteiger partial charge in [0.15, 0.2) is 0 Å². The molecule has 59 heavy (non-hydrogen) atoms. The number of aromatic nitrogens is 2. The van der Waals surface area contributed by atoms with Gasteiger partial charge in [0, 0.05) is 44.2 Å². The van der Waals surface area contributed by atoms with Gasteiger partial charge in [-0.2, -0.15) is 0 Å². The van der Waals surface area contributed by atoms with Gasteiger partial charge >= 0.3 is 11.8 Å². The lowest BCUT2D eigenvalue weighted by Gasteiger charge is -2.27. The number of imide groups is 1. The third-order valence-corrected chi connectivity index (χ3v) is 9.69. The van der Waals surface area contributed by atoms with E-state index < -0.39 is 35.6 Å². The minimum absolute atomic E-state index is 0.118. The van der Waals surface area contributed by atoms with Crippen molar-refractivity contribution in [1.82, 2.24) is 19.8 Å². The Labute approximate surface area is 346 Å². The zero-order valence-corrected chi connectivity index (χ0v) is 35.0. The standard InChI is InChI=1S/C45H59N5O9/c1-32(36(21-24-40(46)51)47-43(54)59-45(2,3)4)58-31-35-18-16-33(17-19-35)14-12-28-56-26-10-8-6-7-9-11-27-57-29-13-15-34-20-22-37-39(30-34)49(5)44(55)50(37)38-23-25-41(52)48-42(38)53/h16-20,22,30,32,36,38H,6-11,21,23-29,31H2,1-5H3,(H2,46,51)(H,47,54)(H,48,52,53)/t32-,36+,38?/m1/s1. The lowest BCUT2D eigenvalue weighted by Crippen LogP contribution is -2.45. The minimum Gasteiger partial charge on any atom is -0.444 e. The van der Waals surface area contributed by atoms with Gasteiger partial charge in [-0.05, 0) is 89.3 Å². The van der Waals surface area contributed by atoms with E-state index in [1.54, 1.807) is 33.9 Å². The Morgan fingerprint density at radius 2 is 1.51 bits per heavy atom. The van der Waals surface area contributed by atoms with Crippen LogP contribution in [0.4, 0.5) is 4.79 Å². The van der Waals surface area contributed by atoms with E-state index in [1.807, 2.05) is 43.3 Å². The second-order valence-electron chi connectivity index (χ2n) is 15.7. The Hall–Kier alpha value is -5.41. The topological polar surface area (TPSA) is 182 Å². The molecule has 1 fully saturated rings. The number of nitrogens with zero attached hydrogens (tertiary/aromatic N) is 2. The predicted octanol–water partition coefficient (Wildman–Crippen LogP) is 5.16. The van der Waals surface area contributed by atoms with Crippen LogP contribution in [-0.4, -0.2) is 77.1 Å². The summed E-state index contributed by atoms with van der Waals surface area (Å²) in [6, 6.07) is 12.0. The van der Waals surface area contributed by atoms with E-state index in [-0.39, 0.29) is 30.5 Å².